The van der Waals surface area contributed by atoms with Gasteiger partial charge in [-0.05, 0) is 80.1 Å². The minimum Gasteiger partial charge on any atom is -0.516 e. The van der Waals surface area contributed by atoms with Gasteiger partial charge in [0.15, 0.2) is 0 Å². The number of carbonyl (C=O) groups is 1. The second-order valence-corrected chi connectivity index (χ2v) is 10.9. The smallest absolute Gasteiger partial charge is 0.222 e. The van der Waals surface area contributed by atoms with Crippen LogP contribution in [0.4, 0.5) is 0 Å². The largest absolute Gasteiger partial charge is 0.516 e. The molecule has 4 unspecified atom stereocenters. The predicted molar refractivity (Wildman–Crippen MR) is 126 cm³/mol. The van der Waals surface area contributed by atoms with E-state index in [1.165, 1.54) is 19.3 Å². The maximum atomic E-state index is 12.6. The zero-order valence-corrected chi connectivity index (χ0v) is 20.5. The van der Waals surface area contributed by atoms with E-state index in [0.29, 0.717) is 24.9 Å². The van der Waals surface area contributed by atoms with Crippen LogP contribution in [0.3, 0.4) is 0 Å². The van der Waals surface area contributed by atoms with Crippen molar-refractivity contribution in [1.82, 2.24) is 5.32 Å². The highest BCUT2D eigenvalue weighted by Gasteiger charge is 2.36. The Morgan fingerprint density at radius 2 is 1.81 bits per heavy atom. The molecule has 31 heavy (non-hydrogen) atoms. The maximum Gasteiger partial charge on any atom is 0.222 e. The van der Waals surface area contributed by atoms with Crippen LogP contribution in [0, 0.1) is 35.5 Å². The number of ether oxygens (including phenoxy) is 1. The summed E-state index contributed by atoms with van der Waals surface area (Å²) in [5.41, 5.74) is 0.826. The van der Waals surface area contributed by atoms with Gasteiger partial charge in [-0.1, -0.05) is 34.6 Å². The van der Waals surface area contributed by atoms with Gasteiger partial charge in [-0.15, -0.1) is 0 Å². The van der Waals surface area contributed by atoms with Gasteiger partial charge in [-0.25, -0.2) is 0 Å². The number of rotatable bonds is 10. The Balaban J connectivity index is 1.73. The molecule has 0 heterocycles. The summed E-state index contributed by atoms with van der Waals surface area (Å²) in [6.07, 6.45) is 9.32. The van der Waals surface area contributed by atoms with E-state index in [1.54, 1.807) is 0 Å². The summed E-state index contributed by atoms with van der Waals surface area (Å²) in [4.78, 5) is 12.6. The number of aliphatic hydroxyl groups is 2. The average Bonchev–Trinajstić information content (AvgIpc) is 2.73. The number of hydrogen-bond acceptors (Lipinski definition) is 4. The second kappa shape index (κ2) is 12.8. The molecule has 5 heteroatoms. The van der Waals surface area contributed by atoms with Crippen LogP contribution in [0.2, 0.25) is 0 Å². The molecule has 0 aromatic carbocycles. The van der Waals surface area contributed by atoms with Gasteiger partial charge in [0.25, 0.3) is 0 Å². The number of nitrogens with one attached hydrogen (secondary N) is 1. The van der Waals surface area contributed by atoms with Gasteiger partial charge >= 0.3 is 0 Å². The molecule has 2 aliphatic carbocycles. The monoisotopic (exact) mass is 437 g/mol. The zero-order valence-electron chi connectivity index (χ0n) is 20.5. The maximum absolute atomic E-state index is 12.6. The van der Waals surface area contributed by atoms with Crippen molar-refractivity contribution in [2.45, 2.75) is 98.1 Å². The molecular formula is C26H47NO4. The Morgan fingerprint density at radius 3 is 2.35 bits per heavy atom. The van der Waals surface area contributed by atoms with E-state index in [0.717, 1.165) is 55.3 Å². The third-order valence-corrected chi connectivity index (χ3v) is 7.68. The molecule has 2 fully saturated rings. The van der Waals surface area contributed by atoms with Crippen LogP contribution in [-0.2, 0) is 9.53 Å². The third kappa shape index (κ3) is 8.09. The fourth-order valence-electron chi connectivity index (χ4n) is 5.70. The van der Waals surface area contributed by atoms with E-state index in [1.807, 2.05) is 0 Å². The van der Waals surface area contributed by atoms with E-state index in [2.05, 4.69) is 39.9 Å². The highest BCUT2D eigenvalue weighted by Crippen LogP contribution is 2.37. The SMILES string of the molecule is CC(C)CC(C)C1CCC(OCCC(=O)NC2/C(=C/O)CC(C(C)C)CC2CO)CC1. The highest BCUT2D eigenvalue weighted by atomic mass is 16.5. The van der Waals surface area contributed by atoms with Crippen molar-refractivity contribution in [3.63, 3.8) is 0 Å². The number of carbonyl (C=O) groups excluding carboxylic acids is 1. The number of amides is 1. The van der Waals surface area contributed by atoms with E-state index in [4.69, 9.17) is 4.74 Å². The van der Waals surface area contributed by atoms with Crippen LogP contribution in [0.5, 0.6) is 0 Å². The van der Waals surface area contributed by atoms with Crippen LogP contribution in [0.1, 0.15) is 86.0 Å². The van der Waals surface area contributed by atoms with Crippen molar-refractivity contribution in [3.8, 4) is 0 Å². The van der Waals surface area contributed by atoms with Crippen LogP contribution >= 0.6 is 0 Å². The lowest BCUT2D eigenvalue weighted by Crippen LogP contribution is -2.47. The molecule has 180 valence electrons. The molecule has 1 amide bonds. The van der Waals surface area contributed by atoms with Gasteiger partial charge in [0.05, 0.1) is 25.0 Å². The Kier molecular flexibility index (Phi) is 10.8. The van der Waals surface area contributed by atoms with Crippen molar-refractivity contribution in [2.24, 2.45) is 35.5 Å². The van der Waals surface area contributed by atoms with Crippen molar-refractivity contribution in [1.29, 1.82) is 0 Å². The first-order chi connectivity index (χ1) is 14.7. The minimum absolute atomic E-state index is 0.0144. The Labute approximate surface area is 190 Å². The van der Waals surface area contributed by atoms with E-state index < -0.39 is 0 Å². The van der Waals surface area contributed by atoms with Gasteiger partial charge in [0.2, 0.25) is 5.91 Å². The van der Waals surface area contributed by atoms with Crippen LogP contribution in [0.15, 0.2) is 11.8 Å². The van der Waals surface area contributed by atoms with E-state index in [-0.39, 0.29) is 30.6 Å². The van der Waals surface area contributed by atoms with E-state index >= 15 is 0 Å². The molecule has 3 N–H and O–H groups in total. The van der Waals surface area contributed by atoms with Crippen LogP contribution in [0.25, 0.3) is 0 Å². The van der Waals surface area contributed by atoms with Crippen molar-refractivity contribution < 1.29 is 19.7 Å². The average molecular weight is 438 g/mol. The fourth-order valence-corrected chi connectivity index (χ4v) is 5.70. The molecule has 2 rings (SSSR count). The third-order valence-electron chi connectivity index (χ3n) is 7.68. The summed E-state index contributed by atoms with van der Waals surface area (Å²) in [6.45, 7) is 11.8. The van der Waals surface area contributed by atoms with Crippen molar-refractivity contribution in [2.75, 3.05) is 13.2 Å². The first-order valence-corrected chi connectivity index (χ1v) is 12.6. The van der Waals surface area contributed by atoms with Gasteiger partial charge in [0, 0.05) is 18.9 Å². The first-order valence-electron chi connectivity index (χ1n) is 12.6. The van der Waals surface area contributed by atoms with Crippen molar-refractivity contribution >= 4 is 5.91 Å². The molecule has 5 nitrogen and oxygen atoms in total. The minimum atomic E-state index is -0.282. The fraction of sp³-hybridized carbons (Fsp3) is 0.885. The summed E-state index contributed by atoms with van der Waals surface area (Å²) < 4.78 is 6.03. The molecule has 0 aromatic rings. The molecule has 2 saturated carbocycles. The van der Waals surface area contributed by atoms with Crippen LogP contribution < -0.4 is 5.32 Å². The summed E-state index contributed by atoms with van der Waals surface area (Å²) in [5, 5.41) is 22.6. The normalized spacial score (nSPS) is 31.9. The standard InChI is InChI=1S/C26H47NO4/c1-17(2)12-19(5)20-6-8-24(9-7-20)31-11-10-25(30)27-26-22(15-28)13-21(18(3)4)14-23(26)16-29/h15,17-21,23-24,26,28-29H,6-14,16H2,1-5H3,(H,27,30)/b22-15+. The first kappa shape index (κ1) is 26.2. The Bertz CT molecular complexity index is 566. The summed E-state index contributed by atoms with van der Waals surface area (Å²) in [6, 6.07) is -0.282. The lowest BCUT2D eigenvalue weighted by Gasteiger charge is -2.39. The Morgan fingerprint density at radius 1 is 1.13 bits per heavy atom. The van der Waals surface area contributed by atoms with Gasteiger partial charge < -0.3 is 20.3 Å². The summed E-state index contributed by atoms with van der Waals surface area (Å²) in [7, 11) is 0. The van der Waals surface area contributed by atoms with Crippen LogP contribution in [-0.4, -0.2) is 41.5 Å². The predicted octanol–water partition coefficient (Wildman–Crippen LogP) is 5.24. The molecule has 0 radical (unpaired) electrons. The molecule has 0 aliphatic heterocycles. The quantitative estimate of drug-likeness (QED) is 0.409. The van der Waals surface area contributed by atoms with E-state index in [9.17, 15) is 15.0 Å². The van der Waals surface area contributed by atoms with Gasteiger partial charge in [-0.2, -0.15) is 0 Å². The Hall–Kier alpha value is -1.07. The lowest BCUT2D eigenvalue weighted by molar-refractivity contribution is -0.124. The molecule has 0 bridgehead atoms. The molecule has 0 saturated heterocycles. The molecule has 4 atom stereocenters. The van der Waals surface area contributed by atoms with Gasteiger partial charge in [0.1, 0.15) is 0 Å². The number of aliphatic hydroxyl groups excluding tert-OH is 2. The molecule has 0 aromatic heterocycles. The second-order valence-electron chi connectivity index (χ2n) is 10.9. The number of hydrogen-bond donors (Lipinski definition) is 3. The topological polar surface area (TPSA) is 78.8 Å². The van der Waals surface area contributed by atoms with Crippen molar-refractivity contribution in [3.05, 3.63) is 11.8 Å². The molecular weight excluding hydrogens is 390 g/mol. The summed E-state index contributed by atoms with van der Waals surface area (Å²) in [5.74, 6) is 3.14. The molecule has 2 aliphatic rings. The molecule has 0 spiro atoms. The lowest BCUT2D eigenvalue weighted by atomic mass is 9.71. The van der Waals surface area contributed by atoms with Gasteiger partial charge in [-0.3, -0.25) is 4.79 Å². The summed E-state index contributed by atoms with van der Waals surface area (Å²) >= 11 is 0. The highest BCUT2D eigenvalue weighted by molar-refractivity contribution is 5.76. The zero-order chi connectivity index (χ0) is 23.0.